The third-order valence-corrected chi connectivity index (χ3v) is 4.63. The molecule has 0 bridgehead atoms. The predicted octanol–water partition coefficient (Wildman–Crippen LogP) is 3.62. The molecule has 0 aliphatic carbocycles. The first kappa shape index (κ1) is 19.1. The summed E-state index contributed by atoms with van der Waals surface area (Å²) < 4.78 is 0. The summed E-state index contributed by atoms with van der Waals surface area (Å²) in [5.74, 6) is -0.433. The molecule has 4 nitrogen and oxygen atoms in total. The van der Waals surface area contributed by atoms with Crippen molar-refractivity contribution < 1.29 is 9.59 Å². The lowest BCUT2D eigenvalue weighted by molar-refractivity contribution is -0.122. The van der Waals surface area contributed by atoms with Crippen molar-refractivity contribution in [3.63, 3.8) is 0 Å². The largest absolute Gasteiger partial charge is 0.350 e. The SMILES string of the molecule is CC(C)Sc1ccccc1C(=O)NC(C)C(=O)NCc1ccccc1. The van der Waals surface area contributed by atoms with Crippen molar-refractivity contribution in [1.82, 2.24) is 10.6 Å². The molecule has 2 amide bonds. The highest BCUT2D eigenvalue weighted by Gasteiger charge is 2.18. The van der Waals surface area contributed by atoms with E-state index in [4.69, 9.17) is 0 Å². The first-order valence-corrected chi connectivity index (χ1v) is 9.23. The molecule has 1 unspecified atom stereocenters. The Morgan fingerprint density at radius 1 is 0.960 bits per heavy atom. The van der Waals surface area contributed by atoms with Gasteiger partial charge in [0.2, 0.25) is 5.91 Å². The highest BCUT2D eigenvalue weighted by Crippen LogP contribution is 2.26. The number of rotatable bonds is 7. The average molecular weight is 356 g/mol. The van der Waals surface area contributed by atoms with E-state index in [1.54, 1.807) is 24.8 Å². The van der Waals surface area contributed by atoms with E-state index in [0.717, 1.165) is 10.5 Å². The van der Waals surface area contributed by atoms with Gasteiger partial charge in [0.25, 0.3) is 5.91 Å². The van der Waals surface area contributed by atoms with E-state index in [1.165, 1.54) is 0 Å². The van der Waals surface area contributed by atoms with E-state index >= 15 is 0 Å². The molecule has 0 aliphatic rings. The van der Waals surface area contributed by atoms with Crippen LogP contribution in [0.15, 0.2) is 59.5 Å². The van der Waals surface area contributed by atoms with Gasteiger partial charge in [0.1, 0.15) is 6.04 Å². The minimum atomic E-state index is -0.603. The van der Waals surface area contributed by atoms with Gasteiger partial charge in [-0.25, -0.2) is 0 Å². The van der Waals surface area contributed by atoms with E-state index in [1.807, 2.05) is 48.5 Å². The smallest absolute Gasteiger partial charge is 0.253 e. The molecule has 0 fully saturated rings. The van der Waals surface area contributed by atoms with Crippen LogP contribution in [-0.2, 0) is 11.3 Å². The first-order valence-electron chi connectivity index (χ1n) is 8.35. The van der Waals surface area contributed by atoms with E-state index < -0.39 is 6.04 Å². The maximum Gasteiger partial charge on any atom is 0.253 e. The maximum absolute atomic E-state index is 12.5. The van der Waals surface area contributed by atoms with E-state index in [-0.39, 0.29) is 11.8 Å². The average Bonchev–Trinajstić information content (AvgIpc) is 2.60. The first-order chi connectivity index (χ1) is 12.0. The molecular formula is C20H24N2O2S. The summed E-state index contributed by atoms with van der Waals surface area (Å²) in [5.41, 5.74) is 1.62. The van der Waals surface area contributed by atoms with Crippen LogP contribution in [0.1, 0.15) is 36.7 Å². The van der Waals surface area contributed by atoms with Crippen LogP contribution >= 0.6 is 11.8 Å². The highest BCUT2D eigenvalue weighted by molar-refractivity contribution is 8.00. The van der Waals surface area contributed by atoms with Gasteiger partial charge in [0.05, 0.1) is 5.56 Å². The zero-order valence-electron chi connectivity index (χ0n) is 14.8. The molecule has 132 valence electrons. The van der Waals surface area contributed by atoms with Crippen molar-refractivity contribution in [3.8, 4) is 0 Å². The molecule has 2 aromatic carbocycles. The number of carbonyl (C=O) groups is 2. The summed E-state index contributed by atoms with van der Waals surface area (Å²) in [6.07, 6.45) is 0. The van der Waals surface area contributed by atoms with Crippen molar-refractivity contribution in [3.05, 3.63) is 65.7 Å². The molecule has 0 saturated carbocycles. The lowest BCUT2D eigenvalue weighted by Gasteiger charge is -2.16. The Bertz CT molecular complexity index is 717. The Morgan fingerprint density at radius 2 is 1.60 bits per heavy atom. The molecular weight excluding hydrogens is 332 g/mol. The molecule has 0 heterocycles. The Hall–Kier alpha value is -2.27. The molecule has 5 heteroatoms. The number of nitrogens with one attached hydrogen (secondary N) is 2. The molecule has 25 heavy (non-hydrogen) atoms. The summed E-state index contributed by atoms with van der Waals surface area (Å²) in [6, 6.07) is 16.5. The van der Waals surface area contributed by atoms with Gasteiger partial charge in [-0.15, -0.1) is 11.8 Å². The standard InChI is InChI=1S/C20H24N2O2S/c1-14(2)25-18-12-8-7-11-17(18)20(24)22-15(3)19(23)21-13-16-9-5-4-6-10-16/h4-12,14-15H,13H2,1-3H3,(H,21,23)(H,22,24). The van der Waals surface area contributed by atoms with Gasteiger partial charge in [0.15, 0.2) is 0 Å². The fourth-order valence-electron chi connectivity index (χ4n) is 2.29. The fourth-order valence-corrected chi connectivity index (χ4v) is 3.24. The monoisotopic (exact) mass is 356 g/mol. The number of amides is 2. The molecule has 2 N–H and O–H groups in total. The topological polar surface area (TPSA) is 58.2 Å². The van der Waals surface area contributed by atoms with Crippen LogP contribution in [0, 0.1) is 0 Å². The van der Waals surface area contributed by atoms with Crippen LogP contribution in [0.25, 0.3) is 0 Å². The Morgan fingerprint density at radius 3 is 2.28 bits per heavy atom. The number of thioether (sulfide) groups is 1. The summed E-state index contributed by atoms with van der Waals surface area (Å²) in [7, 11) is 0. The van der Waals surface area contributed by atoms with Crippen LogP contribution in [0.3, 0.4) is 0 Å². The van der Waals surface area contributed by atoms with Crippen molar-refractivity contribution in [2.45, 2.75) is 43.5 Å². The molecule has 2 aromatic rings. The zero-order valence-corrected chi connectivity index (χ0v) is 15.6. The zero-order chi connectivity index (χ0) is 18.2. The van der Waals surface area contributed by atoms with Gasteiger partial charge in [-0.3, -0.25) is 9.59 Å². The van der Waals surface area contributed by atoms with E-state index in [9.17, 15) is 9.59 Å². The molecule has 0 saturated heterocycles. The lowest BCUT2D eigenvalue weighted by Crippen LogP contribution is -2.44. The van der Waals surface area contributed by atoms with Gasteiger partial charge in [-0.1, -0.05) is 56.3 Å². The molecule has 0 radical (unpaired) electrons. The van der Waals surface area contributed by atoms with Gasteiger partial charge in [-0.2, -0.15) is 0 Å². The van der Waals surface area contributed by atoms with Gasteiger partial charge >= 0.3 is 0 Å². The van der Waals surface area contributed by atoms with Crippen LogP contribution in [-0.4, -0.2) is 23.1 Å². The second-order valence-electron chi connectivity index (χ2n) is 6.06. The molecule has 2 rings (SSSR count). The minimum Gasteiger partial charge on any atom is -0.350 e. The molecule has 0 spiro atoms. The number of hydrogen-bond donors (Lipinski definition) is 2. The molecule has 1 atom stereocenters. The summed E-state index contributed by atoms with van der Waals surface area (Å²) in [6.45, 7) is 6.30. The summed E-state index contributed by atoms with van der Waals surface area (Å²) >= 11 is 1.64. The number of hydrogen-bond acceptors (Lipinski definition) is 3. The summed E-state index contributed by atoms with van der Waals surface area (Å²) in [5, 5.41) is 6.00. The highest BCUT2D eigenvalue weighted by atomic mass is 32.2. The number of carbonyl (C=O) groups excluding carboxylic acids is 2. The van der Waals surface area contributed by atoms with Crippen LogP contribution in [0.5, 0.6) is 0 Å². The van der Waals surface area contributed by atoms with Crippen molar-refractivity contribution >= 4 is 23.6 Å². The summed E-state index contributed by atoms with van der Waals surface area (Å²) in [4.78, 5) is 25.7. The predicted molar refractivity (Wildman–Crippen MR) is 103 cm³/mol. The van der Waals surface area contributed by atoms with Crippen LogP contribution in [0.4, 0.5) is 0 Å². The third-order valence-electron chi connectivity index (χ3n) is 3.54. The lowest BCUT2D eigenvalue weighted by atomic mass is 10.2. The third kappa shape index (κ3) is 5.94. The van der Waals surface area contributed by atoms with E-state index in [0.29, 0.717) is 17.4 Å². The Kier molecular flexibility index (Phi) is 7.07. The van der Waals surface area contributed by atoms with Crippen LogP contribution in [0.2, 0.25) is 0 Å². The molecule has 0 aliphatic heterocycles. The van der Waals surface area contributed by atoms with Gasteiger partial charge < -0.3 is 10.6 Å². The van der Waals surface area contributed by atoms with Gasteiger partial charge in [-0.05, 0) is 24.6 Å². The quantitative estimate of drug-likeness (QED) is 0.745. The van der Waals surface area contributed by atoms with Crippen LogP contribution < -0.4 is 10.6 Å². The number of benzene rings is 2. The Labute approximate surface area is 153 Å². The van der Waals surface area contributed by atoms with E-state index in [2.05, 4.69) is 24.5 Å². The minimum absolute atomic E-state index is 0.203. The Balaban J connectivity index is 1.94. The second kappa shape index (κ2) is 9.28. The molecule has 0 aromatic heterocycles. The maximum atomic E-state index is 12.5. The fraction of sp³-hybridized carbons (Fsp3) is 0.300. The van der Waals surface area contributed by atoms with Crippen molar-refractivity contribution in [2.24, 2.45) is 0 Å². The second-order valence-corrected chi connectivity index (χ2v) is 7.68. The van der Waals surface area contributed by atoms with Crippen molar-refractivity contribution in [1.29, 1.82) is 0 Å². The van der Waals surface area contributed by atoms with Crippen molar-refractivity contribution in [2.75, 3.05) is 0 Å². The van der Waals surface area contributed by atoms with Gasteiger partial charge in [0, 0.05) is 16.7 Å². The normalized spacial score (nSPS) is 11.8.